The molecule has 0 unspecified atom stereocenters. The number of ether oxygens (including phenoxy) is 1. The van der Waals surface area contributed by atoms with E-state index in [1.54, 1.807) is 18.3 Å². The summed E-state index contributed by atoms with van der Waals surface area (Å²) in [7, 11) is 0. The number of hydrazone groups is 1. The van der Waals surface area contributed by atoms with E-state index in [9.17, 15) is 4.79 Å². The van der Waals surface area contributed by atoms with Crippen molar-refractivity contribution in [2.24, 2.45) is 5.10 Å². The molecular formula is C15H15BrN2O3. The van der Waals surface area contributed by atoms with E-state index in [0.29, 0.717) is 4.67 Å². The van der Waals surface area contributed by atoms with Crippen LogP contribution in [0.5, 0.6) is 5.75 Å². The molecule has 0 aliphatic carbocycles. The predicted molar refractivity (Wildman–Crippen MR) is 83.7 cm³/mol. The molecule has 0 fully saturated rings. The van der Waals surface area contributed by atoms with Crippen LogP contribution < -0.4 is 10.2 Å². The molecule has 0 saturated carbocycles. The minimum atomic E-state index is -0.406. The molecule has 0 atom stereocenters. The minimum absolute atomic E-state index is 0.136. The van der Waals surface area contributed by atoms with Gasteiger partial charge in [-0.3, -0.25) is 4.79 Å². The van der Waals surface area contributed by atoms with Crippen molar-refractivity contribution in [1.82, 2.24) is 5.43 Å². The van der Waals surface area contributed by atoms with Crippen LogP contribution in [-0.4, -0.2) is 18.2 Å². The molecule has 0 spiro atoms. The van der Waals surface area contributed by atoms with Crippen LogP contribution in [0.2, 0.25) is 0 Å². The van der Waals surface area contributed by atoms with Crippen LogP contribution in [-0.2, 0) is 0 Å². The van der Waals surface area contributed by atoms with E-state index < -0.39 is 5.91 Å². The lowest BCUT2D eigenvalue weighted by Crippen LogP contribution is -2.16. The third-order valence-electron chi connectivity index (χ3n) is 2.43. The van der Waals surface area contributed by atoms with E-state index in [4.69, 9.17) is 9.15 Å². The Morgan fingerprint density at radius 2 is 2.00 bits per heavy atom. The fourth-order valence-corrected chi connectivity index (χ4v) is 1.87. The van der Waals surface area contributed by atoms with Gasteiger partial charge in [-0.05, 0) is 71.7 Å². The van der Waals surface area contributed by atoms with Gasteiger partial charge < -0.3 is 9.15 Å². The number of rotatable bonds is 5. The number of hydrogen-bond donors (Lipinski definition) is 1. The molecule has 0 radical (unpaired) electrons. The summed E-state index contributed by atoms with van der Waals surface area (Å²) in [5, 5.41) is 3.88. The van der Waals surface area contributed by atoms with Gasteiger partial charge >= 0.3 is 5.91 Å². The van der Waals surface area contributed by atoms with Crippen molar-refractivity contribution in [3.05, 3.63) is 52.4 Å². The number of nitrogens with one attached hydrogen (secondary N) is 1. The largest absolute Gasteiger partial charge is 0.491 e. The number of benzene rings is 1. The van der Waals surface area contributed by atoms with Gasteiger partial charge in [0.2, 0.25) is 0 Å². The molecule has 6 heteroatoms. The Balaban J connectivity index is 1.90. The van der Waals surface area contributed by atoms with E-state index in [2.05, 4.69) is 26.5 Å². The Morgan fingerprint density at radius 1 is 1.29 bits per heavy atom. The van der Waals surface area contributed by atoms with Gasteiger partial charge in [0.15, 0.2) is 10.4 Å². The van der Waals surface area contributed by atoms with Gasteiger partial charge in [-0.2, -0.15) is 5.10 Å². The SMILES string of the molecule is CC(C)Oc1ccc(/C=N/NC(=O)c2ccc(Br)o2)cc1. The number of nitrogens with zero attached hydrogens (tertiary/aromatic N) is 1. The summed E-state index contributed by atoms with van der Waals surface area (Å²) in [5.41, 5.74) is 3.25. The average molecular weight is 351 g/mol. The molecule has 1 heterocycles. The lowest BCUT2D eigenvalue weighted by Gasteiger charge is -2.08. The molecule has 2 rings (SSSR count). The van der Waals surface area contributed by atoms with E-state index in [-0.39, 0.29) is 11.9 Å². The zero-order chi connectivity index (χ0) is 15.2. The normalized spacial score (nSPS) is 11.0. The van der Waals surface area contributed by atoms with Crippen LogP contribution >= 0.6 is 15.9 Å². The summed E-state index contributed by atoms with van der Waals surface area (Å²) in [6, 6.07) is 10.6. The van der Waals surface area contributed by atoms with Gasteiger partial charge in [0.05, 0.1) is 12.3 Å². The number of halogens is 1. The molecule has 2 aromatic rings. The molecule has 0 saturated heterocycles. The molecule has 0 aliphatic heterocycles. The van der Waals surface area contributed by atoms with Crippen LogP contribution in [0.1, 0.15) is 30.0 Å². The van der Waals surface area contributed by atoms with Crippen molar-refractivity contribution in [3.63, 3.8) is 0 Å². The predicted octanol–water partition coefficient (Wildman–Crippen LogP) is 3.59. The molecule has 0 bridgehead atoms. The summed E-state index contributed by atoms with van der Waals surface area (Å²) in [6.07, 6.45) is 1.69. The first-order chi connectivity index (χ1) is 10.0. The molecule has 1 aromatic heterocycles. The van der Waals surface area contributed by atoms with Crippen LogP contribution in [0.3, 0.4) is 0 Å². The van der Waals surface area contributed by atoms with E-state index in [0.717, 1.165) is 11.3 Å². The van der Waals surface area contributed by atoms with Crippen LogP contribution in [0.25, 0.3) is 0 Å². The number of amides is 1. The van der Waals surface area contributed by atoms with Crippen molar-refractivity contribution in [2.75, 3.05) is 0 Å². The highest BCUT2D eigenvalue weighted by atomic mass is 79.9. The third kappa shape index (κ3) is 4.75. The second-order valence-corrected chi connectivity index (χ2v) is 5.32. The quantitative estimate of drug-likeness (QED) is 0.661. The maximum Gasteiger partial charge on any atom is 0.307 e. The van der Waals surface area contributed by atoms with Crippen molar-refractivity contribution < 1.29 is 13.9 Å². The van der Waals surface area contributed by atoms with Gasteiger partial charge in [0, 0.05) is 0 Å². The monoisotopic (exact) mass is 350 g/mol. The maximum absolute atomic E-state index is 11.7. The third-order valence-corrected chi connectivity index (χ3v) is 2.85. The summed E-state index contributed by atoms with van der Waals surface area (Å²) < 4.78 is 11.2. The second kappa shape index (κ2) is 7.08. The summed E-state index contributed by atoms with van der Waals surface area (Å²) in [6.45, 7) is 3.94. The van der Waals surface area contributed by atoms with Gasteiger partial charge in [-0.1, -0.05) is 0 Å². The van der Waals surface area contributed by atoms with Crippen LogP contribution in [0, 0.1) is 0 Å². The highest BCUT2D eigenvalue weighted by Crippen LogP contribution is 2.14. The first kappa shape index (κ1) is 15.3. The lowest BCUT2D eigenvalue weighted by molar-refractivity contribution is 0.0926. The summed E-state index contributed by atoms with van der Waals surface area (Å²) in [5.74, 6) is 0.586. The first-order valence-corrected chi connectivity index (χ1v) is 7.19. The zero-order valence-corrected chi connectivity index (χ0v) is 13.3. The molecule has 1 amide bonds. The summed E-state index contributed by atoms with van der Waals surface area (Å²) >= 11 is 3.13. The van der Waals surface area contributed by atoms with Crippen molar-refractivity contribution >= 4 is 28.1 Å². The van der Waals surface area contributed by atoms with Gasteiger partial charge in [0.25, 0.3) is 0 Å². The molecule has 5 nitrogen and oxygen atoms in total. The highest BCUT2D eigenvalue weighted by Gasteiger charge is 2.08. The van der Waals surface area contributed by atoms with E-state index in [1.807, 2.05) is 38.1 Å². The van der Waals surface area contributed by atoms with Crippen molar-refractivity contribution in [1.29, 1.82) is 0 Å². The van der Waals surface area contributed by atoms with Crippen LogP contribution in [0.15, 0.2) is 50.6 Å². The minimum Gasteiger partial charge on any atom is -0.491 e. The topological polar surface area (TPSA) is 63.8 Å². The highest BCUT2D eigenvalue weighted by molar-refractivity contribution is 9.10. The maximum atomic E-state index is 11.7. The van der Waals surface area contributed by atoms with Crippen molar-refractivity contribution in [2.45, 2.75) is 20.0 Å². The Kier molecular flexibility index (Phi) is 5.16. The van der Waals surface area contributed by atoms with Gasteiger partial charge in [0.1, 0.15) is 5.75 Å². The van der Waals surface area contributed by atoms with Crippen molar-refractivity contribution in [3.8, 4) is 5.75 Å². The fourth-order valence-electron chi connectivity index (χ4n) is 1.56. The Bertz CT molecular complexity index is 633. The molecule has 0 aliphatic rings. The average Bonchev–Trinajstić information content (AvgIpc) is 2.87. The number of hydrogen-bond acceptors (Lipinski definition) is 4. The Labute approximate surface area is 131 Å². The Hall–Kier alpha value is -2.08. The molecule has 1 N–H and O–H groups in total. The number of furan rings is 1. The van der Waals surface area contributed by atoms with Gasteiger partial charge in [-0.15, -0.1) is 0 Å². The molecule has 21 heavy (non-hydrogen) atoms. The number of carbonyl (C=O) groups is 1. The standard InChI is InChI=1S/C15H15BrN2O3/c1-10(2)20-12-5-3-11(4-6-12)9-17-18-15(19)13-7-8-14(16)21-13/h3-10H,1-2H3,(H,18,19)/b17-9+. The molecular weight excluding hydrogens is 336 g/mol. The molecule has 1 aromatic carbocycles. The zero-order valence-electron chi connectivity index (χ0n) is 11.7. The van der Waals surface area contributed by atoms with Gasteiger partial charge in [-0.25, -0.2) is 5.43 Å². The lowest BCUT2D eigenvalue weighted by atomic mass is 10.2. The smallest absolute Gasteiger partial charge is 0.307 e. The first-order valence-electron chi connectivity index (χ1n) is 6.40. The van der Waals surface area contributed by atoms with E-state index in [1.165, 1.54) is 0 Å². The fraction of sp³-hybridized carbons (Fsp3) is 0.200. The molecule has 110 valence electrons. The Morgan fingerprint density at radius 3 is 2.57 bits per heavy atom. The van der Waals surface area contributed by atoms with Crippen LogP contribution in [0.4, 0.5) is 0 Å². The van der Waals surface area contributed by atoms with E-state index >= 15 is 0 Å². The summed E-state index contributed by atoms with van der Waals surface area (Å²) in [4.78, 5) is 11.7. The second-order valence-electron chi connectivity index (χ2n) is 4.54. The number of carbonyl (C=O) groups excluding carboxylic acids is 1.